The van der Waals surface area contributed by atoms with E-state index in [0.717, 1.165) is 21.5 Å². The van der Waals surface area contributed by atoms with Crippen molar-refractivity contribution < 1.29 is 46.7 Å². The summed E-state index contributed by atoms with van der Waals surface area (Å²) in [6.45, 7) is 7.84. The van der Waals surface area contributed by atoms with E-state index in [-0.39, 0.29) is 49.0 Å². The Labute approximate surface area is 210 Å². The zero-order valence-electron chi connectivity index (χ0n) is 20.5. The van der Waals surface area contributed by atoms with Gasteiger partial charge in [0.05, 0.1) is 31.0 Å². The SMILES string of the molecule is CCOC(=O)Cc1cc(/C=C2\CN(OC(=O)C(F)(F)F)CCC2SC(C)=O)nn1C(=O)OC(C)(C)C. The molecule has 1 unspecified atom stereocenters. The first-order valence-corrected chi connectivity index (χ1v) is 11.9. The van der Waals surface area contributed by atoms with Crippen LogP contribution in [0.15, 0.2) is 11.6 Å². The molecular weight excluding hydrogens is 507 g/mol. The molecule has 1 saturated heterocycles. The second-order valence-electron chi connectivity index (χ2n) is 8.78. The topological polar surface area (TPSA) is 117 Å². The average molecular weight is 536 g/mol. The standard InChI is InChI=1S/C22H28F3N3O7S/c1-6-33-18(30)11-16-10-15(26-28(16)20(32)34-21(3,4)5)9-14-12-27(35-19(31)22(23,24)25)8-7-17(14)36-13(2)29/h9-10,17H,6-8,11-12H2,1-5H3/b14-9+. The molecule has 1 aliphatic heterocycles. The number of halogens is 3. The Morgan fingerprint density at radius 1 is 1.22 bits per heavy atom. The van der Waals surface area contributed by atoms with Gasteiger partial charge in [0.25, 0.3) is 0 Å². The molecule has 0 bridgehead atoms. The molecule has 1 aromatic heterocycles. The maximum absolute atomic E-state index is 12.7. The Bertz CT molecular complexity index is 1030. The lowest BCUT2D eigenvalue weighted by atomic mass is 10.0. The van der Waals surface area contributed by atoms with Crippen LogP contribution < -0.4 is 0 Å². The van der Waals surface area contributed by atoms with Crippen LogP contribution in [0.3, 0.4) is 0 Å². The summed E-state index contributed by atoms with van der Waals surface area (Å²) in [4.78, 5) is 52.2. The van der Waals surface area contributed by atoms with Crippen molar-refractivity contribution in [2.24, 2.45) is 0 Å². The summed E-state index contributed by atoms with van der Waals surface area (Å²) in [5, 5.41) is 4.41. The molecule has 1 atom stereocenters. The lowest BCUT2D eigenvalue weighted by molar-refractivity contribution is -0.238. The van der Waals surface area contributed by atoms with Gasteiger partial charge in [-0.2, -0.15) is 23.0 Å². The van der Waals surface area contributed by atoms with E-state index >= 15 is 0 Å². The van der Waals surface area contributed by atoms with Crippen molar-refractivity contribution in [2.45, 2.75) is 64.5 Å². The number of thioether (sulfide) groups is 1. The predicted molar refractivity (Wildman–Crippen MR) is 123 cm³/mol. The second kappa shape index (κ2) is 11.9. The number of esters is 1. The molecule has 14 heteroatoms. The highest BCUT2D eigenvalue weighted by Gasteiger charge is 2.43. The summed E-state index contributed by atoms with van der Waals surface area (Å²) in [6, 6.07) is 1.43. The van der Waals surface area contributed by atoms with Crippen molar-refractivity contribution in [3.8, 4) is 0 Å². The Morgan fingerprint density at radius 3 is 2.44 bits per heavy atom. The number of hydroxylamine groups is 2. The van der Waals surface area contributed by atoms with Crippen molar-refractivity contribution in [2.75, 3.05) is 19.7 Å². The first-order valence-electron chi connectivity index (χ1n) is 11.0. The van der Waals surface area contributed by atoms with Gasteiger partial charge in [0.1, 0.15) is 5.60 Å². The molecule has 0 N–H and O–H groups in total. The van der Waals surface area contributed by atoms with E-state index in [1.165, 1.54) is 19.1 Å². The van der Waals surface area contributed by atoms with Crippen LogP contribution in [0.2, 0.25) is 0 Å². The van der Waals surface area contributed by atoms with E-state index in [4.69, 9.17) is 9.47 Å². The van der Waals surface area contributed by atoms with Gasteiger partial charge in [-0.15, -0.1) is 5.06 Å². The highest BCUT2D eigenvalue weighted by atomic mass is 32.2. The number of hydrogen-bond donors (Lipinski definition) is 0. The lowest BCUT2D eigenvalue weighted by Crippen LogP contribution is -2.41. The molecule has 2 rings (SSSR count). The third-order valence-electron chi connectivity index (χ3n) is 4.50. The molecule has 2 heterocycles. The fourth-order valence-electron chi connectivity index (χ4n) is 3.20. The maximum atomic E-state index is 12.7. The first-order chi connectivity index (χ1) is 16.6. The van der Waals surface area contributed by atoms with Gasteiger partial charge in [-0.3, -0.25) is 9.59 Å². The van der Waals surface area contributed by atoms with Crippen LogP contribution in [0.25, 0.3) is 6.08 Å². The quantitative estimate of drug-likeness (QED) is 0.501. The van der Waals surface area contributed by atoms with Crippen LogP contribution in [-0.2, 0) is 35.1 Å². The van der Waals surface area contributed by atoms with Gasteiger partial charge < -0.3 is 14.3 Å². The molecule has 1 fully saturated rings. The minimum atomic E-state index is -5.16. The third kappa shape index (κ3) is 8.97. The van der Waals surface area contributed by atoms with Crippen molar-refractivity contribution in [1.82, 2.24) is 14.8 Å². The molecule has 200 valence electrons. The number of hydrogen-bond acceptors (Lipinski definition) is 10. The van der Waals surface area contributed by atoms with Crippen molar-refractivity contribution in [1.29, 1.82) is 0 Å². The Kier molecular flexibility index (Phi) is 9.71. The molecular formula is C22H28F3N3O7S. The molecule has 0 saturated carbocycles. The van der Waals surface area contributed by atoms with Gasteiger partial charge in [0, 0.05) is 18.7 Å². The van der Waals surface area contributed by atoms with Crippen molar-refractivity contribution >= 4 is 41.0 Å². The average Bonchev–Trinajstić information content (AvgIpc) is 3.10. The zero-order valence-corrected chi connectivity index (χ0v) is 21.3. The normalized spacial score (nSPS) is 18.1. The van der Waals surface area contributed by atoms with Gasteiger partial charge in [-0.1, -0.05) is 11.8 Å². The summed E-state index contributed by atoms with van der Waals surface area (Å²) in [5.41, 5.74) is -0.0547. The molecule has 10 nitrogen and oxygen atoms in total. The molecule has 36 heavy (non-hydrogen) atoms. The zero-order chi connectivity index (χ0) is 27.3. The molecule has 1 aliphatic rings. The van der Waals surface area contributed by atoms with Gasteiger partial charge in [0.2, 0.25) is 0 Å². The monoisotopic (exact) mass is 535 g/mol. The summed E-state index contributed by atoms with van der Waals surface area (Å²) in [5.74, 6) is -2.96. The van der Waals surface area contributed by atoms with Crippen LogP contribution in [0.5, 0.6) is 0 Å². The number of alkyl halides is 3. The second-order valence-corrected chi connectivity index (χ2v) is 10.2. The third-order valence-corrected chi connectivity index (χ3v) is 5.65. The van der Waals surface area contributed by atoms with Crippen LogP contribution in [0.4, 0.5) is 18.0 Å². The van der Waals surface area contributed by atoms with Crippen LogP contribution in [0, 0.1) is 0 Å². The van der Waals surface area contributed by atoms with Crippen LogP contribution in [0.1, 0.15) is 52.4 Å². The number of aromatic nitrogens is 2. The Balaban J connectivity index is 2.41. The molecule has 0 aliphatic carbocycles. The minimum absolute atomic E-state index is 0.0232. The van der Waals surface area contributed by atoms with E-state index < -0.39 is 35.1 Å². The van der Waals surface area contributed by atoms with Gasteiger partial charge in [-0.25, -0.2) is 9.59 Å². The predicted octanol–water partition coefficient (Wildman–Crippen LogP) is 3.53. The molecule has 0 amide bonds. The minimum Gasteiger partial charge on any atom is -0.466 e. The summed E-state index contributed by atoms with van der Waals surface area (Å²) < 4.78 is 49.1. The number of nitrogens with zero attached hydrogens (tertiary/aromatic N) is 3. The Morgan fingerprint density at radius 2 is 1.89 bits per heavy atom. The largest absolute Gasteiger partial charge is 0.492 e. The van der Waals surface area contributed by atoms with Crippen molar-refractivity contribution in [3.63, 3.8) is 0 Å². The van der Waals surface area contributed by atoms with E-state index in [1.54, 1.807) is 27.7 Å². The first kappa shape index (κ1) is 29.4. The lowest BCUT2D eigenvalue weighted by Gasteiger charge is -2.32. The van der Waals surface area contributed by atoms with E-state index in [1.807, 2.05) is 0 Å². The van der Waals surface area contributed by atoms with Crippen molar-refractivity contribution in [3.05, 3.63) is 23.0 Å². The van der Waals surface area contributed by atoms with Gasteiger partial charge in [-0.05, 0) is 51.8 Å². The molecule has 0 spiro atoms. The Hall–Kier alpha value is -2.87. The number of carbonyl (C=O) groups is 4. The van der Waals surface area contributed by atoms with Gasteiger partial charge >= 0.3 is 24.2 Å². The summed E-state index contributed by atoms with van der Waals surface area (Å²) in [7, 11) is 0. The molecule has 0 radical (unpaired) electrons. The maximum Gasteiger partial charge on any atom is 0.492 e. The van der Waals surface area contributed by atoms with Crippen LogP contribution >= 0.6 is 11.8 Å². The van der Waals surface area contributed by atoms with E-state index in [0.29, 0.717) is 5.57 Å². The summed E-state index contributed by atoms with van der Waals surface area (Å²) in [6.07, 6.45) is -4.61. The summed E-state index contributed by atoms with van der Waals surface area (Å²) >= 11 is 0.975. The number of rotatable bonds is 6. The number of ether oxygens (including phenoxy) is 2. The number of carbonyl (C=O) groups excluding carboxylic acids is 4. The van der Waals surface area contributed by atoms with Gasteiger partial charge in [0.15, 0.2) is 5.12 Å². The van der Waals surface area contributed by atoms with E-state index in [2.05, 4.69) is 9.94 Å². The van der Waals surface area contributed by atoms with Crippen LogP contribution in [-0.4, -0.2) is 74.7 Å². The molecule has 1 aromatic rings. The number of piperidine rings is 1. The van der Waals surface area contributed by atoms with E-state index in [9.17, 15) is 32.3 Å². The smallest absolute Gasteiger partial charge is 0.466 e. The highest BCUT2D eigenvalue weighted by Crippen LogP contribution is 2.31. The fourth-order valence-corrected chi connectivity index (χ4v) is 4.12. The fraction of sp³-hybridized carbons (Fsp3) is 0.591. The molecule has 0 aromatic carbocycles. The highest BCUT2D eigenvalue weighted by molar-refractivity contribution is 8.14.